The minimum Gasteiger partial charge on any atom is -0.334 e. The number of halogens is 1. The highest BCUT2D eigenvalue weighted by Gasteiger charge is 2.30. The zero-order valence-electron chi connectivity index (χ0n) is 17.2. The molecular formula is C23H20FN5O2. The molecule has 0 fully saturated rings. The second kappa shape index (κ2) is 7.46. The summed E-state index contributed by atoms with van der Waals surface area (Å²) in [6, 6.07) is 13.6. The van der Waals surface area contributed by atoms with E-state index in [-0.39, 0.29) is 23.4 Å². The second-order valence-corrected chi connectivity index (χ2v) is 7.67. The van der Waals surface area contributed by atoms with Gasteiger partial charge in [0.05, 0.1) is 6.54 Å². The summed E-state index contributed by atoms with van der Waals surface area (Å²) in [5, 5.41) is 8.56. The highest BCUT2D eigenvalue weighted by Crippen LogP contribution is 2.30. The van der Waals surface area contributed by atoms with E-state index in [9.17, 15) is 9.18 Å². The summed E-state index contributed by atoms with van der Waals surface area (Å²) >= 11 is 0. The number of nitrogens with zero attached hydrogens (tertiary/aromatic N) is 5. The summed E-state index contributed by atoms with van der Waals surface area (Å²) in [7, 11) is 1.86. The fourth-order valence-electron chi connectivity index (χ4n) is 3.88. The Bertz CT molecular complexity index is 1280. The molecule has 2 aromatic carbocycles. The zero-order chi connectivity index (χ0) is 21.5. The number of fused-ring (bicyclic) bond motifs is 1. The molecule has 0 saturated carbocycles. The first-order valence-electron chi connectivity index (χ1n) is 10.0. The Hall–Kier alpha value is -3.81. The van der Waals surface area contributed by atoms with Gasteiger partial charge in [0, 0.05) is 42.4 Å². The predicted molar refractivity (Wildman–Crippen MR) is 112 cm³/mol. The highest BCUT2D eigenvalue weighted by atomic mass is 19.1. The zero-order valence-corrected chi connectivity index (χ0v) is 17.2. The molecule has 3 heterocycles. The van der Waals surface area contributed by atoms with Crippen LogP contribution in [0.15, 0.2) is 53.1 Å². The van der Waals surface area contributed by atoms with E-state index in [0.717, 1.165) is 16.8 Å². The van der Waals surface area contributed by atoms with Crippen LogP contribution in [0, 0.1) is 12.7 Å². The standard InChI is InChI=1S/C23H20FN5O2/c1-14-6-8-15(9-7-14)23(30)29-11-10-19-18(13-29)20(26-28(19)2)22-25-21(27-31-22)16-4-3-5-17(24)12-16/h3-9,12H,10-11,13H2,1-2H3. The maximum absolute atomic E-state index is 13.6. The fraction of sp³-hybridized carbons (Fsp3) is 0.217. The van der Waals surface area contributed by atoms with Crippen LogP contribution in [0.5, 0.6) is 0 Å². The molecule has 1 aliphatic heterocycles. The number of aryl methyl sites for hydroxylation is 2. The molecule has 0 radical (unpaired) electrons. The maximum atomic E-state index is 13.6. The van der Waals surface area contributed by atoms with E-state index in [1.807, 2.05) is 43.1 Å². The summed E-state index contributed by atoms with van der Waals surface area (Å²) in [5.74, 6) is 0.147. The van der Waals surface area contributed by atoms with E-state index < -0.39 is 0 Å². The Morgan fingerprint density at radius 2 is 1.97 bits per heavy atom. The number of aromatic nitrogens is 4. The van der Waals surface area contributed by atoms with Gasteiger partial charge in [0.25, 0.3) is 11.8 Å². The summed E-state index contributed by atoms with van der Waals surface area (Å²) in [4.78, 5) is 19.2. The van der Waals surface area contributed by atoms with Crippen molar-refractivity contribution in [3.8, 4) is 23.0 Å². The number of rotatable bonds is 3. The van der Waals surface area contributed by atoms with Gasteiger partial charge in [-0.2, -0.15) is 10.1 Å². The molecule has 0 unspecified atom stereocenters. The highest BCUT2D eigenvalue weighted by molar-refractivity contribution is 5.94. The van der Waals surface area contributed by atoms with Gasteiger partial charge in [0.2, 0.25) is 5.82 Å². The van der Waals surface area contributed by atoms with Crippen LogP contribution in [0.3, 0.4) is 0 Å². The predicted octanol–water partition coefficient (Wildman–Crippen LogP) is 3.78. The third kappa shape index (κ3) is 3.50. The Labute approximate surface area is 178 Å². The summed E-state index contributed by atoms with van der Waals surface area (Å²) < 4.78 is 20.8. The van der Waals surface area contributed by atoms with Crippen LogP contribution < -0.4 is 0 Å². The summed E-state index contributed by atoms with van der Waals surface area (Å²) in [6.07, 6.45) is 0.682. The Kier molecular flexibility index (Phi) is 4.62. The molecule has 2 aromatic heterocycles. The molecule has 0 saturated heterocycles. The number of amides is 1. The van der Waals surface area contributed by atoms with Crippen molar-refractivity contribution in [2.75, 3.05) is 6.54 Å². The number of hydrogen-bond donors (Lipinski definition) is 0. The largest absolute Gasteiger partial charge is 0.334 e. The average Bonchev–Trinajstić information content (AvgIpc) is 3.39. The lowest BCUT2D eigenvalue weighted by Gasteiger charge is -2.27. The van der Waals surface area contributed by atoms with E-state index in [0.29, 0.717) is 36.3 Å². The first-order chi connectivity index (χ1) is 15.0. The van der Waals surface area contributed by atoms with Gasteiger partial charge >= 0.3 is 0 Å². The lowest BCUT2D eigenvalue weighted by Crippen LogP contribution is -2.36. The van der Waals surface area contributed by atoms with Crippen molar-refractivity contribution in [3.05, 3.63) is 76.7 Å². The molecule has 0 bridgehead atoms. The SMILES string of the molecule is Cc1ccc(C(=O)N2CCc3c(c(-c4nc(-c5cccc(F)c5)no4)nn3C)C2)cc1. The molecular weight excluding hydrogens is 397 g/mol. The van der Waals surface area contributed by atoms with Gasteiger partial charge < -0.3 is 9.42 Å². The van der Waals surface area contributed by atoms with Crippen molar-refractivity contribution in [3.63, 3.8) is 0 Å². The van der Waals surface area contributed by atoms with Gasteiger partial charge in [0.15, 0.2) is 5.69 Å². The molecule has 156 valence electrons. The molecule has 8 heteroatoms. The van der Waals surface area contributed by atoms with E-state index >= 15 is 0 Å². The smallest absolute Gasteiger partial charge is 0.279 e. The van der Waals surface area contributed by atoms with Gasteiger partial charge in [-0.15, -0.1) is 0 Å². The minimum absolute atomic E-state index is 0.0218. The first kappa shape index (κ1) is 19.2. The van der Waals surface area contributed by atoms with Crippen molar-refractivity contribution in [1.82, 2.24) is 24.8 Å². The molecule has 0 spiro atoms. The molecule has 0 atom stereocenters. The molecule has 7 nitrogen and oxygen atoms in total. The van der Waals surface area contributed by atoms with E-state index in [2.05, 4.69) is 15.2 Å². The van der Waals surface area contributed by atoms with Gasteiger partial charge in [-0.25, -0.2) is 4.39 Å². The van der Waals surface area contributed by atoms with Crippen LogP contribution in [0.2, 0.25) is 0 Å². The van der Waals surface area contributed by atoms with E-state index in [1.54, 1.807) is 16.8 Å². The van der Waals surface area contributed by atoms with Crippen LogP contribution in [0.4, 0.5) is 4.39 Å². The van der Waals surface area contributed by atoms with Crippen LogP contribution in [0.1, 0.15) is 27.2 Å². The van der Waals surface area contributed by atoms with Crippen molar-refractivity contribution in [2.45, 2.75) is 19.9 Å². The number of carbonyl (C=O) groups is 1. The lowest BCUT2D eigenvalue weighted by atomic mass is 10.0. The van der Waals surface area contributed by atoms with Gasteiger partial charge in [-0.05, 0) is 31.2 Å². The average molecular weight is 417 g/mol. The quantitative estimate of drug-likeness (QED) is 0.507. The van der Waals surface area contributed by atoms with Gasteiger partial charge in [-0.3, -0.25) is 9.48 Å². The Morgan fingerprint density at radius 3 is 2.74 bits per heavy atom. The minimum atomic E-state index is -0.371. The molecule has 4 aromatic rings. The third-order valence-electron chi connectivity index (χ3n) is 5.54. The fourth-order valence-corrected chi connectivity index (χ4v) is 3.88. The van der Waals surface area contributed by atoms with Crippen LogP contribution in [-0.2, 0) is 20.0 Å². The Balaban J connectivity index is 1.46. The molecule has 31 heavy (non-hydrogen) atoms. The molecule has 0 aliphatic carbocycles. The van der Waals surface area contributed by atoms with E-state index in [1.165, 1.54) is 12.1 Å². The van der Waals surface area contributed by atoms with Gasteiger partial charge in [0.1, 0.15) is 5.82 Å². The summed E-state index contributed by atoms with van der Waals surface area (Å²) in [6.45, 7) is 3.01. The Morgan fingerprint density at radius 1 is 1.16 bits per heavy atom. The molecule has 1 aliphatic rings. The lowest BCUT2D eigenvalue weighted by molar-refractivity contribution is 0.0733. The van der Waals surface area contributed by atoms with Crippen molar-refractivity contribution >= 4 is 5.91 Å². The summed E-state index contributed by atoms with van der Waals surface area (Å²) in [5.41, 5.74) is 4.77. The number of benzene rings is 2. The van der Waals surface area contributed by atoms with Crippen molar-refractivity contribution in [1.29, 1.82) is 0 Å². The normalized spacial score (nSPS) is 13.3. The monoisotopic (exact) mass is 417 g/mol. The van der Waals surface area contributed by atoms with Gasteiger partial charge in [-0.1, -0.05) is 35.0 Å². The second-order valence-electron chi connectivity index (χ2n) is 7.67. The topological polar surface area (TPSA) is 77.1 Å². The molecule has 1 amide bonds. The third-order valence-corrected chi connectivity index (χ3v) is 5.54. The molecule has 5 rings (SSSR count). The number of hydrogen-bond acceptors (Lipinski definition) is 5. The maximum Gasteiger partial charge on any atom is 0.279 e. The molecule has 0 N–H and O–H groups in total. The number of carbonyl (C=O) groups excluding carboxylic acids is 1. The van der Waals surface area contributed by atoms with Crippen LogP contribution >= 0.6 is 0 Å². The van der Waals surface area contributed by atoms with Crippen molar-refractivity contribution in [2.24, 2.45) is 7.05 Å². The van der Waals surface area contributed by atoms with Crippen LogP contribution in [0.25, 0.3) is 23.0 Å². The van der Waals surface area contributed by atoms with E-state index in [4.69, 9.17) is 4.52 Å². The first-order valence-corrected chi connectivity index (χ1v) is 10.0. The van der Waals surface area contributed by atoms with Crippen LogP contribution in [-0.4, -0.2) is 37.3 Å². The van der Waals surface area contributed by atoms with Crippen molar-refractivity contribution < 1.29 is 13.7 Å².